The number of rotatable bonds is 4. The van der Waals surface area contributed by atoms with Crippen LogP contribution in [-0.4, -0.2) is 18.3 Å². The van der Waals surface area contributed by atoms with E-state index in [0.717, 1.165) is 35.6 Å². The van der Waals surface area contributed by atoms with E-state index in [-0.39, 0.29) is 5.82 Å². The van der Waals surface area contributed by atoms with Gasteiger partial charge in [-0.15, -0.1) is 0 Å². The Labute approximate surface area is 114 Å². The molecule has 1 heterocycles. The molecule has 1 aliphatic rings. The Morgan fingerprint density at radius 2 is 2.26 bits per heavy atom. The second kappa shape index (κ2) is 4.74. The number of nitrogens with zero attached hydrogens (tertiary/aromatic N) is 2. The number of aldehydes is 1. The Hall–Kier alpha value is -1.75. The summed E-state index contributed by atoms with van der Waals surface area (Å²) in [7, 11) is 1.83. The summed E-state index contributed by atoms with van der Waals surface area (Å²) in [6, 6.07) is 6.35. The lowest BCUT2D eigenvalue weighted by Gasteiger charge is -2.15. The van der Waals surface area contributed by atoms with Crippen LogP contribution < -0.4 is 4.90 Å². The van der Waals surface area contributed by atoms with Gasteiger partial charge in [0.05, 0.1) is 10.6 Å². The number of hydrogen-bond acceptors (Lipinski definition) is 4. The Morgan fingerprint density at radius 3 is 2.89 bits per heavy atom. The van der Waals surface area contributed by atoms with Gasteiger partial charge in [-0.3, -0.25) is 4.79 Å². The monoisotopic (exact) mass is 276 g/mol. The van der Waals surface area contributed by atoms with Crippen LogP contribution in [0.4, 0.5) is 15.2 Å². The highest BCUT2D eigenvalue weighted by Gasteiger charge is 2.30. The number of carbonyl (C=O) groups excluding carboxylic acids is 1. The molecule has 0 unspecified atom stereocenters. The van der Waals surface area contributed by atoms with Crippen molar-refractivity contribution in [3.8, 4) is 0 Å². The van der Waals surface area contributed by atoms with Crippen molar-refractivity contribution in [1.29, 1.82) is 0 Å². The van der Waals surface area contributed by atoms with Crippen LogP contribution in [0.5, 0.6) is 0 Å². The molecule has 0 atom stereocenters. The highest BCUT2D eigenvalue weighted by Crippen LogP contribution is 2.44. The maximum atomic E-state index is 13.2. The van der Waals surface area contributed by atoms with Gasteiger partial charge in [-0.1, -0.05) is 17.4 Å². The van der Waals surface area contributed by atoms with Gasteiger partial charge in [-0.05, 0) is 31.0 Å². The fraction of sp³-hybridized carbons (Fsp3) is 0.286. The highest BCUT2D eigenvalue weighted by molar-refractivity contribution is 7.17. The molecule has 1 aliphatic carbocycles. The molecule has 1 aromatic heterocycles. The van der Waals surface area contributed by atoms with Crippen LogP contribution in [0.25, 0.3) is 0 Å². The van der Waals surface area contributed by atoms with Crippen LogP contribution in [0.1, 0.15) is 34.1 Å². The first-order valence-corrected chi connectivity index (χ1v) is 6.96. The molecule has 3 rings (SSSR count). The van der Waals surface area contributed by atoms with E-state index in [9.17, 15) is 9.18 Å². The lowest BCUT2D eigenvalue weighted by Crippen LogP contribution is -2.09. The summed E-state index contributed by atoms with van der Waals surface area (Å²) in [5.74, 6) is 0.157. The number of aromatic nitrogens is 1. The second-order valence-electron chi connectivity index (χ2n) is 4.68. The van der Waals surface area contributed by atoms with Crippen molar-refractivity contribution in [2.45, 2.75) is 18.8 Å². The Balaban J connectivity index is 1.95. The molecule has 0 radical (unpaired) electrons. The molecular formula is C14H13FN2OS. The molecule has 98 valence electrons. The minimum Gasteiger partial charge on any atom is -0.321 e. The summed E-state index contributed by atoms with van der Waals surface area (Å²) >= 11 is 1.36. The van der Waals surface area contributed by atoms with Gasteiger partial charge >= 0.3 is 0 Å². The first-order valence-electron chi connectivity index (χ1n) is 6.14. The van der Waals surface area contributed by atoms with Crippen molar-refractivity contribution >= 4 is 28.4 Å². The molecule has 19 heavy (non-hydrogen) atoms. The lowest BCUT2D eigenvalue weighted by molar-refractivity contribution is 0.112. The van der Waals surface area contributed by atoms with E-state index in [1.807, 2.05) is 18.0 Å². The second-order valence-corrected chi connectivity index (χ2v) is 5.69. The van der Waals surface area contributed by atoms with E-state index >= 15 is 0 Å². The largest absolute Gasteiger partial charge is 0.321 e. The number of anilines is 2. The first-order chi connectivity index (χ1) is 9.19. The number of hydrogen-bond donors (Lipinski definition) is 0. The third-order valence-corrected chi connectivity index (χ3v) is 4.30. The zero-order valence-electron chi connectivity index (χ0n) is 10.5. The zero-order valence-corrected chi connectivity index (χ0v) is 11.3. The average Bonchev–Trinajstić information content (AvgIpc) is 3.17. The maximum Gasteiger partial charge on any atom is 0.190 e. The highest BCUT2D eigenvalue weighted by atomic mass is 32.1. The number of carbonyl (C=O) groups is 1. The number of thiazole rings is 1. The SMILES string of the molecule is CN(c1cccc(F)c1)c1nc(C2CC2)c(C=O)s1. The normalized spacial score (nSPS) is 14.4. The zero-order chi connectivity index (χ0) is 13.4. The van der Waals surface area contributed by atoms with Crippen LogP contribution in [-0.2, 0) is 0 Å². The summed E-state index contributed by atoms with van der Waals surface area (Å²) in [4.78, 5) is 18.1. The van der Waals surface area contributed by atoms with Crippen molar-refractivity contribution in [3.63, 3.8) is 0 Å². The van der Waals surface area contributed by atoms with Crippen molar-refractivity contribution in [3.05, 3.63) is 40.7 Å². The summed E-state index contributed by atoms with van der Waals surface area (Å²) in [5, 5.41) is 0.731. The summed E-state index contributed by atoms with van der Waals surface area (Å²) in [5.41, 5.74) is 1.63. The van der Waals surface area contributed by atoms with Crippen LogP contribution >= 0.6 is 11.3 Å². The Morgan fingerprint density at radius 1 is 1.47 bits per heavy atom. The van der Waals surface area contributed by atoms with Crippen LogP contribution in [0, 0.1) is 5.82 Å². The molecule has 1 aromatic carbocycles. The third kappa shape index (κ3) is 2.38. The molecule has 0 spiro atoms. The Kier molecular flexibility index (Phi) is 3.06. The molecule has 0 aliphatic heterocycles. The van der Waals surface area contributed by atoms with E-state index in [1.165, 1.54) is 23.5 Å². The van der Waals surface area contributed by atoms with Crippen molar-refractivity contribution < 1.29 is 9.18 Å². The lowest BCUT2D eigenvalue weighted by atomic mass is 10.2. The van der Waals surface area contributed by atoms with E-state index in [2.05, 4.69) is 4.98 Å². The molecule has 3 nitrogen and oxygen atoms in total. The molecule has 1 saturated carbocycles. The van der Waals surface area contributed by atoms with Gasteiger partial charge in [0.15, 0.2) is 11.4 Å². The standard InChI is InChI=1S/C14H13FN2OS/c1-17(11-4-2-3-10(15)7-11)14-16-13(9-5-6-9)12(8-18)19-14/h2-4,7-9H,5-6H2,1H3. The minimum absolute atomic E-state index is 0.279. The topological polar surface area (TPSA) is 33.2 Å². The van der Waals surface area contributed by atoms with Crippen LogP contribution in [0.15, 0.2) is 24.3 Å². The predicted molar refractivity (Wildman–Crippen MR) is 73.9 cm³/mol. The minimum atomic E-state index is -0.279. The third-order valence-electron chi connectivity index (χ3n) is 3.22. The van der Waals surface area contributed by atoms with Crippen molar-refractivity contribution in [2.24, 2.45) is 0 Å². The number of halogens is 1. The smallest absolute Gasteiger partial charge is 0.190 e. The summed E-state index contributed by atoms with van der Waals surface area (Å²) < 4.78 is 13.2. The van der Waals surface area contributed by atoms with E-state index in [1.54, 1.807) is 6.07 Å². The van der Waals surface area contributed by atoms with Gasteiger partial charge in [-0.25, -0.2) is 9.37 Å². The van der Waals surface area contributed by atoms with Crippen LogP contribution in [0.3, 0.4) is 0 Å². The summed E-state index contributed by atoms with van der Waals surface area (Å²) in [6.07, 6.45) is 3.08. The van der Waals surface area contributed by atoms with Gasteiger partial charge in [0.2, 0.25) is 0 Å². The molecule has 0 saturated heterocycles. The summed E-state index contributed by atoms with van der Waals surface area (Å²) in [6.45, 7) is 0. The van der Waals surface area contributed by atoms with Crippen molar-refractivity contribution in [1.82, 2.24) is 4.98 Å². The van der Waals surface area contributed by atoms with Gasteiger partial charge in [0, 0.05) is 18.7 Å². The molecule has 1 fully saturated rings. The van der Waals surface area contributed by atoms with Gasteiger partial charge in [0.1, 0.15) is 5.82 Å². The fourth-order valence-corrected chi connectivity index (χ4v) is 2.95. The molecule has 5 heteroatoms. The van der Waals surface area contributed by atoms with Gasteiger partial charge in [0.25, 0.3) is 0 Å². The van der Waals surface area contributed by atoms with Gasteiger partial charge < -0.3 is 4.90 Å². The van der Waals surface area contributed by atoms with E-state index in [4.69, 9.17) is 0 Å². The first kappa shape index (κ1) is 12.3. The molecule has 0 N–H and O–H groups in total. The number of benzene rings is 1. The molecule has 0 bridgehead atoms. The van der Waals surface area contributed by atoms with E-state index in [0.29, 0.717) is 10.8 Å². The van der Waals surface area contributed by atoms with Crippen LogP contribution in [0.2, 0.25) is 0 Å². The maximum absolute atomic E-state index is 13.2. The van der Waals surface area contributed by atoms with Crippen molar-refractivity contribution in [2.75, 3.05) is 11.9 Å². The molecule has 0 amide bonds. The molecular weight excluding hydrogens is 263 g/mol. The quantitative estimate of drug-likeness (QED) is 0.798. The Bertz CT molecular complexity index is 622. The predicted octanol–water partition coefficient (Wildman–Crippen LogP) is 3.74. The van der Waals surface area contributed by atoms with E-state index < -0.39 is 0 Å². The average molecular weight is 276 g/mol. The van der Waals surface area contributed by atoms with Gasteiger partial charge in [-0.2, -0.15) is 0 Å². The molecule has 2 aromatic rings. The fourth-order valence-electron chi connectivity index (χ4n) is 2.00.